The van der Waals surface area contributed by atoms with Crippen molar-refractivity contribution in [3.05, 3.63) is 75.7 Å². The van der Waals surface area contributed by atoms with Crippen molar-refractivity contribution in [2.45, 2.75) is 39.1 Å². The van der Waals surface area contributed by atoms with E-state index in [9.17, 15) is 4.79 Å². The van der Waals surface area contributed by atoms with Gasteiger partial charge in [0.05, 0.1) is 17.3 Å². The molecule has 4 heterocycles. The normalized spacial score (nSPS) is 20.2. The number of hydrogen-bond acceptors (Lipinski definition) is 6. The lowest BCUT2D eigenvalue weighted by Gasteiger charge is -2.18. The van der Waals surface area contributed by atoms with Crippen LogP contribution in [-0.4, -0.2) is 44.9 Å². The predicted octanol–water partition coefficient (Wildman–Crippen LogP) is 3.36. The molecule has 0 N–H and O–H groups in total. The Morgan fingerprint density at radius 2 is 2.12 bits per heavy atom. The number of carbonyl (C=O) groups excluding carboxylic acids is 1. The molecule has 0 bridgehead atoms. The van der Waals surface area contributed by atoms with Crippen LogP contribution in [-0.2, 0) is 17.9 Å². The van der Waals surface area contributed by atoms with Gasteiger partial charge in [-0.2, -0.15) is 10.4 Å². The summed E-state index contributed by atoms with van der Waals surface area (Å²) in [5.74, 6) is 0.0956. The van der Waals surface area contributed by atoms with Crippen molar-refractivity contribution in [1.82, 2.24) is 19.7 Å². The quantitative estimate of drug-likeness (QED) is 0.589. The third kappa shape index (κ3) is 3.45. The fourth-order valence-electron chi connectivity index (χ4n) is 4.64. The molecule has 3 aromatic rings. The molecule has 2 aromatic heterocycles. The Morgan fingerprint density at radius 3 is 2.91 bits per heavy atom. The first-order chi connectivity index (χ1) is 15.4. The number of alkyl halides is 1. The Labute approximate surface area is 185 Å². The van der Waals surface area contributed by atoms with E-state index in [1.807, 2.05) is 32.2 Å². The first-order valence-corrected chi connectivity index (χ1v) is 10.5. The Bertz CT molecular complexity index is 1260. The number of fused-ring (bicyclic) bond motifs is 1. The van der Waals surface area contributed by atoms with Crippen LogP contribution in [0.1, 0.15) is 49.7 Å². The van der Waals surface area contributed by atoms with Gasteiger partial charge in [-0.3, -0.25) is 4.90 Å². The lowest BCUT2D eigenvalue weighted by atomic mass is 9.89. The van der Waals surface area contributed by atoms with Crippen LogP contribution >= 0.6 is 0 Å². The maximum absolute atomic E-state index is 15.0. The van der Waals surface area contributed by atoms with Crippen LogP contribution in [0.15, 0.2) is 36.8 Å². The predicted molar refractivity (Wildman–Crippen MR) is 114 cm³/mol. The first-order valence-electron chi connectivity index (χ1n) is 10.5. The molecule has 2 aliphatic rings. The van der Waals surface area contributed by atoms with Crippen molar-refractivity contribution in [2.24, 2.45) is 0 Å². The monoisotopic (exact) mass is 431 g/mol. The van der Waals surface area contributed by atoms with Crippen molar-refractivity contribution in [3.8, 4) is 11.9 Å². The first kappa shape index (κ1) is 20.3. The van der Waals surface area contributed by atoms with Gasteiger partial charge < -0.3 is 4.74 Å². The fraction of sp³-hybridized carbons (Fsp3) is 0.333. The van der Waals surface area contributed by atoms with Crippen molar-refractivity contribution in [3.63, 3.8) is 0 Å². The molecule has 0 aliphatic carbocycles. The zero-order chi connectivity index (χ0) is 22.4. The van der Waals surface area contributed by atoms with Crippen molar-refractivity contribution in [1.29, 1.82) is 5.26 Å². The molecule has 2 aliphatic heterocycles. The molecule has 162 valence electrons. The van der Waals surface area contributed by atoms with Gasteiger partial charge in [0.1, 0.15) is 18.8 Å². The SMILES string of the molecule is Cc1cc(-n2cc(CN3CC(F)C(c4ccc5c(c4C)COC5=O)C3)cn2)ncc1C#N. The molecule has 2 unspecified atom stereocenters. The molecule has 5 rings (SSSR count). The third-order valence-electron chi connectivity index (χ3n) is 6.43. The van der Waals surface area contributed by atoms with Crippen molar-refractivity contribution < 1.29 is 13.9 Å². The van der Waals surface area contributed by atoms with Gasteiger partial charge >= 0.3 is 5.97 Å². The highest BCUT2D eigenvalue weighted by Crippen LogP contribution is 2.36. The van der Waals surface area contributed by atoms with E-state index in [1.54, 1.807) is 23.1 Å². The second kappa shape index (κ2) is 7.84. The van der Waals surface area contributed by atoms with E-state index < -0.39 is 6.17 Å². The number of cyclic esters (lactones) is 1. The van der Waals surface area contributed by atoms with Gasteiger partial charge in [0, 0.05) is 49.1 Å². The van der Waals surface area contributed by atoms with E-state index in [0.717, 1.165) is 27.8 Å². The standard InChI is InChI=1S/C24H22FN5O2/c1-14-5-23(27-8-17(14)6-26)30-10-16(7-28-30)9-29-11-20(22(25)12-29)18-3-4-19-21(15(18)2)13-32-24(19)31/h3-5,7-8,10,20,22H,9,11-13H2,1-2H3. The van der Waals surface area contributed by atoms with E-state index in [2.05, 4.69) is 21.1 Å². The summed E-state index contributed by atoms with van der Waals surface area (Å²) in [6, 6.07) is 7.57. The van der Waals surface area contributed by atoms with Gasteiger partial charge in [0.2, 0.25) is 0 Å². The highest BCUT2D eigenvalue weighted by atomic mass is 19.1. The molecule has 32 heavy (non-hydrogen) atoms. The Kier molecular flexibility index (Phi) is 4.98. The van der Waals surface area contributed by atoms with E-state index in [1.165, 1.54) is 0 Å². The maximum atomic E-state index is 15.0. The summed E-state index contributed by atoms with van der Waals surface area (Å²) in [4.78, 5) is 18.2. The number of aromatic nitrogens is 3. The molecular formula is C24H22FN5O2. The maximum Gasteiger partial charge on any atom is 0.338 e. The molecule has 0 amide bonds. The minimum atomic E-state index is -0.984. The van der Waals surface area contributed by atoms with Crippen LogP contribution in [0, 0.1) is 25.2 Å². The summed E-state index contributed by atoms with van der Waals surface area (Å²) in [6.45, 7) is 5.59. The number of rotatable bonds is 4. The lowest BCUT2D eigenvalue weighted by molar-refractivity contribution is 0.0535. The summed E-state index contributed by atoms with van der Waals surface area (Å²) < 4.78 is 21.8. The van der Waals surface area contributed by atoms with Gasteiger partial charge in [-0.05, 0) is 42.7 Å². The summed E-state index contributed by atoms with van der Waals surface area (Å²) in [5.41, 5.74) is 5.72. The highest BCUT2D eigenvalue weighted by molar-refractivity contribution is 5.94. The van der Waals surface area contributed by atoms with E-state index >= 15 is 4.39 Å². The number of aryl methyl sites for hydroxylation is 1. The lowest BCUT2D eigenvalue weighted by Crippen LogP contribution is -2.20. The number of benzene rings is 1. The van der Waals surface area contributed by atoms with Crippen LogP contribution < -0.4 is 0 Å². The molecule has 1 aromatic carbocycles. The van der Waals surface area contributed by atoms with Crippen LogP contribution in [0.4, 0.5) is 4.39 Å². The highest BCUT2D eigenvalue weighted by Gasteiger charge is 2.36. The van der Waals surface area contributed by atoms with Crippen molar-refractivity contribution in [2.75, 3.05) is 13.1 Å². The fourth-order valence-corrected chi connectivity index (χ4v) is 4.64. The summed E-state index contributed by atoms with van der Waals surface area (Å²) in [5, 5.41) is 13.5. The molecule has 2 atom stereocenters. The van der Waals surface area contributed by atoms with Crippen molar-refractivity contribution >= 4 is 5.97 Å². The minimum absolute atomic E-state index is 0.242. The molecule has 1 fully saturated rings. The molecule has 0 spiro atoms. The summed E-state index contributed by atoms with van der Waals surface area (Å²) >= 11 is 0. The third-order valence-corrected chi connectivity index (χ3v) is 6.43. The number of carbonyl (C=O) groups is 1. The topological polar surface area (TPSA) is 84.0 Å². The number of nitriles is 1. The van der Waals surface area contributed by atoms with Crippen LogP contribution in [0.25, 0.3) is 5.82 Å². The van der Waals surface area contributed by atoms with Gasteiger partial charge in [-0.25, -0.2) is 18.9 Å². The van der Waals surface area contributed by atoms with Gasteiger partial charge in [0.25, 0.3) is 0 Å². The molecule has 0 saturated carbocycles. The Morgan fingerprint density at radius 1 is 1.28 bits per heavy atom. The average Bonchev–Trinajstić information content (AvgIpc) is 3.48. The largest absolute Gasteiger partial charge is 0.457 e. The van der Waals surface area contributed by atoms with Gasteiger partial charge in [-0.1, -0.05) is 6.07 Å². The number of halogens is 1. The molecule has 1 saturated heterocycles. The number of ether oxygens (including phenoxy) is 1. The molecule has 0 radical (unpaired) electrons. The summed E-state index contributed by atoms with van der Waals surface area (Å²) in [6.07, 6.45) is 4.21. The number of esters is 1. The van der Waals surface area contributed by atoms with Crippen LogP contribution in [0.5, 0.6) is 0 Å². The Balaban J connectivity index is 1.31. The average molecular weight is 431 g/mol. The van der Waals surface area contributed by atoms with Crippen LogP contribution in [0.3, 0.4) is 0 Å². The van der Waals surface area contributed by atoms with E-state index in [-0.39, 0.29) is 18.5 Å². The smallest absolute Gasteiger partial charge is 0.338 e. The van der Waals surface area contributed by atoms with E-state index in [4.69, 9.17) is 10.00 Å². The van der Waals surface area contributed by atoms with Gasteiger partial charge in [-0.15, -0.1) is 0 Å². The number of pyridine rings is 1. The van der Waals surface area contributed by atoms with Crippen LogP contribution in [0.2, 0.25) is 0 Å². The van der Waals surface area contributed by atoms with Gasteiger partial charge in [0.15, 0.2) is 5.82 Å². The second-order valence-electron chi connectivity index (χ2n) is 8.46. The number of nitrogens with zero attached hydrogens (tertiary/aromatic N) is 5. The molecule has 8 heteroatoms. The molecule has 7 nitrogen and oxygen atoms in total. The second-order valence-corrected chi connectivity index (χ2v) is 8.46. The van der Waals surface area contributed by atoms with E-state index in [0.29, 0.717) is 36.6 Å². The number of likely N-dealkylation sites (tertiary alicyclic amines) is 1. The molecular weight excluding hydrogens is 409 g/mol. The zero-order valence-electron chi connectivity index (χ0n) is 17.9. The zero-order valence-corrected chi connectivity index (χ0v) is 17.9. The Hall–Kier alpha value is -3.57. The summed E-state index contributed by atoms with van der Waals surface area (Å²) in [7, 11) is 0. The minimum Gasteiger partial charge on any atom is -0.457 e. The number of hydrogen-bond donors (Lipinski definition) is 0.